The third-order valence-corrected chi connectivity index (χ3v) is 4.01. The van der Waals surface area contributed by atoms with E-state index in [1.54, 1.807) is 32.9 Å². The Labute approximate surface area is 135 Å². The minimum atomic E-state index is -0.875. The van der Waals surface area contributed by atoms with Crippen LogP contribution in [0.3, 0.4) is 0 Å². The Morgan fingerprint density at radius 2 is 1.96 bits per heavy atom. The van der Waals surface area contributed by atoms with E-state index >= 15 is 0 Å². The molecule has 3 N–H and O–H groups in total. The van der Waals surface area contributed by atoms with Gasteiger partial charge in [-0.15, -0.1) is 0 Å². The number of phenolic OH excluding ortho intramolecular Hbond substituents is 1. The Balaban J connectivity index is 2.15. The van der Waals surface area contributed by atoms with Gasteiger partial charge in [0.05, 0.1) is 6.42 Å². The predicted molar refractivity (Wildman–Crippen MR) is 85.7 cm³/mol. The van der Waals surface area contributed by atoms with Gasteiger partial charge >= 0.3 is 12.1 Å². The molecule has 1 aromatic carbocycles. The molecule has 0 aromatic heterocycles. The molecule has 0 atom stereocenters. The lowest BCUT2D eigenvalue weighted by Gasteiger charge is -2.41. The summed E-state index contributed by atoms with van der Waals surface area (Å²) in [5.41, 5.74) is -0.0737. The van der Waals surface area contributed by atoms with Gasteiger partial charge in [0.25, 0.3) is 0 Å². The Bertz CT molecular complexity index is 614. The van der Waals surface area contributed by atoms with Crippen LogP contribution in [0.4, 0.5) is 10.5 Å². The van der Waals surface area contributed by atoms with Crippen LogP contribution in [0, 0.1) is 0 Å². The summed E-state index contributed by atoms with van der Waals surface area (Å²) in [4.78, 5) is 22.8. The molecule has 1 aromatic rings. The van der Waals surface area contributed by atoms with E-state index in [9.17, 15) is 14.7 Å². The highest BCUT2D eigenvalue weighted by atomic mass is 16.6. The van der Waals surface area contributed by atoms with Crippen molar-refractivity contribution in [3.05, 3.63) is 23.8 Å². The standard InChI is InChI=1S/C17H23NO5/c1-16(2,3)23-15(22)18-11-5-6-12(13(19)9-11)17(7-4-8-17)10-14(20)21/h5-6,9,19H,4,7-8,10H2,1-3H3,(H,18,22)(H,20,21). The number of carbonyl (C=O) groups is 2. The van der Waals surface area contributed by atoms with Crippen LogP contribution in [0.5, 0.6) is 5.75 Å². The smallest absolute Gasteiger partial charge is 0.412 e. The number of carbonyl (C=O) groups excluding carboxylic acids is 1. The summed E-state index contributed by atoms with van der Waals surface area (Å²) in [7, 11) is 0. The van der Waals surface area contributed by atoms with Gasteiger partial charge in [0.15, 0.2) is 0 Å². The number of anilines is 1. The zero-order chi connectivity index (χ0) is 17.3. The van der Waals surface area contributed by atoms with Crippen molar-refractivity contribution in [2.45, 2.75) is 57.5 Å². The summed E-state index contributed by atoms with van der Waals surface area (Å²) in [6, 6.07) is 4.77. The molecule has 23 heavy (non-hydrogen) atoms. The molecule has 1 aliphatic rings. The fraction of sp³-hybridized carbons (Fsp3) is 0.529. The maximum absolute atomic E-state index is 11.7. The van der Waals surface area contributed by atoms with Crippen LogP contribution in [0.1, 0.15) is 52.0 Å². The van der Waals surface area contributed by atoms with Crippen LogP contribution in [0.25, 0.3) is 0 Å². The molecule has 1 amide bonds. The number of carboxylic acids is 1. The predicted octanol–water partition coefficient (Wildman–Crippen LogP) is 3.64. The number of benzene rings is 1. The van der Waals surface area contributed by atoms with Crippen molar-refractivity contribution in [2.75, 3.05) is 5.32 Å². The van der Waals surface area contributed by atoms with Gasteiger partial charge in [-0.25, -0.2) is 4.79 Å². The lowest BCUT2D eigenvalue weighted by molar-refractivity contribution is -0.139. The number of hydrogen-bond donors (Lipinski definition) is 3. The second-order valence-corrected chi connectivity index (χ2v) is 7.06. The summed E-state index contributed by atoms with van der Waals surface area (Å²) >= 11 is 0. The number of rotatable bonds is 4. The Kier molecular flexibility index (Phi) is 4.54. The maximum atomic E-state index is 11.7. The summed E-state index contributed by atoms with van der Waals surface area (Å²) in [5, 5.41) is 21.9. The molecule has 1 aliphatic carbocycles. The molecule has 1 fully saturated rings. The third-order valence-electron chi connectivity index (χ3n) is 4.01. The SMILES string of the molecule is CC(C)(C)OC(=O)Nc1ccc(C2(CC(=O)O)CCC2)c(O)c1. The van der Waals surface area contributed by atoms with Crippen LogP contribution in [-0.4, -0.2) is 27.9 Å². The Morgan fingerprint density at radius 1 is 1.30 bits per heavy atom. The molecule has 0 saturated heterocycles. The first-order valence-electron chi connectivity index (χ1n) is 7.67. The Hall–Kier alpha value is -2.24. The topological polar surface area (TPSA) is 95.9 Å². The monoisotopic (exact) mass is 321 g/mol. The Morgan fingerprint density at radius 3 is 2.39 bits per heavy atom. The van der Waals surface area contributed by atoms with E-state index in [1.165, 1.54) is 6.07 Å². The second kappa shape index (κ2) is 6.10. The molecule has 6 nitrogen and oxygen atoms in total. The number of aliphatic carboxylic acids is 1. The van der Waals surface area contributed by atoms with Crippen LogP contribution < -0.4 is 5.32 Å². The van der Waals surface area contributed by atoms with Crippen molar-refractivity contribution in [1.82, 2.24) is 0 Å². The molecule has 6 heteroatoms. The lowest BCUT2D eigenvalue weighted by atomic mass is 9.62. The van der Waals surface area contributed by atoms with Crippen molar-refractivity contribution >= 4 is 17.7 Å². The maximum Gasteiger partial charge on any atom is 0.412 e. The fourth-order valence-corrected chi connectivity index (χ4v) is 2.91. The van der Waals surface area contributed by atoms with Gasteiger partial charge in [-0.2, -0.15) is 0 Å². The van der Waals surface area contributed by atoms with Crippen LogP contribution in [0.2, 0.25) is 0 Å². The minimum Gasteiger partial charge on any atom is -0.508 e. The summed E-state index contributed by atoms with van der Waals surface area (Å²) in [5.74, 6) is -0.875. The van der Waals surface area contributed by atoms with Crippen molar-refractivity contribution in [1.29, 1.82) is 0 Å². The second-order valence-electron chi connectivity index (χ2n) is 7.06. The average Bonchev–Trinajstić information content (AvgIpc) is 2.31. The van der Waals surface area contributed by atoms with Crippen molar-refractivity contribution in [3.8, 4) is 5.75 Å². The quantitative estimate of drug-likeness (QED) is 0.787. The molecule has 2 rings (SSSR count). The summed E-state index contributed by atoms with van der Waals surface area (Å²) in [6.45, 7) is 5.29. The highest BCUT2D eigenvalue weighted by Crippen LogP contribution is 2.49. The zero-order valence-electron chi connectivity index (χ0n) is 13.7. The number of phenols is 1. The van der Waals surface area contributed by atoms with E-state index < -0.39 is 23.1 Å². The molecule has 0 unspecified atom stereocenters. The first-order chi connectivity index (χ1) is 10.6. The number of carboxylic acid groups (broad SMARTS) is 1. The van der Waals surface area contributed by atoms with Crippen molar-refractivity contribution in [2.24, 2.45) is 0 Å². The van der Waals surface area contributed by atoms with E-state index in [4.69, 9.17) is 9.84 Å². The molecule has 0 radical (unpaired) electrons. The summed E-state index contributed by atoms with van der Waals surface area (Å²) in [6.07, 6.45) is 1.83. The number of amides is 1. The third kappa shape index (κ3) is 4.15. The molecule has 1 saturated carbocycles. The van der Waals surface area contributed by atoms with E-state index in [2.05, 4.69) is 5.32 Å². The molecule has 0 heterocycles. The van der Waals surface area contributed by atoms with Crippen molar-refractivity contribution < 1.29 is 24.5 Å². The summed E-state index contributed by atoms with van der Waals surface area (Å²) < 4.78 is 5.15. The molecule has 0 spiro atoms. The van der Waals surface area contributed by atoms with E-state index in [0.29, 0.717) is 11.3 Å². The van der Waals surface area contributed by atoms with Gasteiger partial charge in [-0.1, -0.05) is 12.5 Å². The lowest BCUT2D eigenvalue weighted by Crippen LogP contribution is -2.36. The number of aromatic hydroxyl groups is 1. The first kappa shape index (κ1) is 17.1. The number of hydrogen-bond acceptors (Lipinski definition) is 4. The van der Waals surface area contributed by atoms with Crippen molar-refractivity contribution in [3.63, 3.8) is 0 Å². The van der Waals surface area contributed by atoms with Gasteiger partial charge in [-0.3, -0.25) is 10.1 Å². The normalized spacial score (nSPS) is 16.3. The number of nitrogens with one attached hydrogen (secondary N) is 1. The fourth-order valence-electron chi connectivity index (χ4n) is 2.91. The van der Waals surface area contributed by atoms with Gasteiger partial charge < -0.3 is 14.9 Å². The molecule has 0 aliphatic heterocycles. The molecule has 126 valence electrons. The van der Waals surface area contributed by atoms with Gasteiger partial charge in [-0.05, 0) is 39.7 Å². The van der Waals surface area contributed by atoms with Crippen LogP contribution in [0.15, 0.2) is 18.2 Å². The zero-order valence-corrected chi connectivity index (χ0v) is 13.7. The minimum absolute atomic E-state index is 0.000455. The number of ether oxygens (including phenoxy) is 1. The van der Waals surface area contributed by atoms with E-state index in [0.717, 1.165) is 19.3 Å². The van der Waals surface area contributed by atoms with Crippen LogP contribution >= 0.6 is 0 Å². The van der Waals surface area contributed by atoms with Crippen LogP contribution in [-0.2, 0) is 14.9 Å². The first-order valence-corrected chi connectivity index (χ1v) is 7.67. The van der Waals surface area contributed by atoms with Gasteiger partial charge in [0, 0.05) is 22.7 Å². The average molecular weight is 321 g/mol. The molecular formula is C17H23NO5. The highest BCUT2D eigenvalue weighted by molar-refractivity contribution is 5.85. The highest BCUT2D eigenvalue weighted by Gasteiger charge is 2.42. The largest absolute Gasteiger partial charge is 0.508 e. The van der Waals surface area contributed by atoms with Gasteiger partial charge in [0.2, 0.25) is 0 Å². The molecular weight excluding hydrogens is 298 g/mol. The molecule has 0 bridgehead atoms. The van der Waals surface area contributed by atoms with E-state index in [-0.39, 0.29) is 12.2 Å². The van der Waals surface area contributed by atoms with E-state index in [1.807, 2.05) is 0 Å². The van der Waals surface area contributed by atoms with Gasteiger partial charge in [0.1, 0.15) is 11.4 Å².